The molecule has 2 aliphatic rings. The number of imidazole rings is 1. The second-order valence-electron chi connectivity index (χ2n) is 5.47. The van der Waals surface area contributed by atoms with Crippen molar-refractivity contribution in [2.75, 3.05) is 11.5 Å². The van der Waals surface area contributed by atoms with Crippen molar-refractivity contribution in [3.8, 4) is 0 Å². The standard InChI is InChI=1S/C12H18ClN3O2S/c13-11-10-9(14)2-1-5-16(10)12(15-11)8-3-6-19(17,18)7-4-8/h8-9H,1-7,14H2. The first-order valence-electron chi connectivity index (χ1n) is 6.70. The first kappa shape index (κ1) is 13.4. The highest BCUT2D eigenvalue weighted by atomic mass is 35.5. The molecule has 2 aliphatic heterocycles. The lowest BCUT2D eigenvalue weighted by Gasteiger charge is -2.26. The van der Waals surface area contributed by atoms with Gasteiger partial charge in [-0.1, -0.05) is 11.6 Å². The highest BCUT2D eigenvalue weighted by Crippen LogP contribution is 2.36. The summed E-state index contributed by atoms with van der Waals surface area (Å²) in [6.45, 7) is 0.890. The number of nitrogens with two attached hydrogens (primary N) is 1. The van der Waals surface area contributed by atoms with E-state index < -0.39 is 9.84 Å². The van der Waals surface area contributed by atoms with Crippen LogP contribution >= 0.6 is 11.6 Å². The van der Waals surface area contributed by atoms with E-state index in [1.807, 2.05) is 0 Å². The summed E-state index contributed by atoms with van der Waals surface area (Å²) in [7, 11) is -2.84. The molecule has 19 heavy (non-hydrogen) atoms. The number of rotatable bonds is 1. The van der Waals surface area contributed by atoms with Gasteiger partial charge < -0.3 is 10.3 Å². The monoisotopic (exact) mass is 303 g/mol. The highest BCUT2D eigenvalue weighted by Gasteiger charge is 2.32. The van der Waals surface area contributed by atoms with E-state index in [1.54, 1.807) is 0 Å². The minimum atomic E-state index is -2.84. The highest BCUT2D eigenvalue weighted by molar-refractivity contribution is 7.91. The van der Waals surface area contributed by atoms with Crippen LogP contribution in [0.25, 0.3) is 0 Å². The molecule has 1 fully saturated rings. The molecule has 7 heteroatoms. The third-order valence-corrected chi connectivity index (χ3v) is 6.15. The molecule has 106 valence electrons. The molecule has 1 aromatic heterocycles. The van der Waals surface area contributed by atoms with E-state index in [4.69, 9.17) is 17.3 Å². The van der Waals surface area contributed by atoms with Gasteiger partial charge in [-0.15, -0.1) is 0 Å². The quantitative estimate of drug-likeness (QED) is 0.855. The second-order valence-corrected chi connectivity index (χ2v) is 8.13. The molecular weight excluding hydrogens is 286 g/mol. The third kappa shape index (κ3) is 2.41. The predicted octanol–water partition coefficient (Wildman–Crippen LogP) is 1.62. The van der Waals surface area contributed by atoms with Gasteiger partial charge in [0.15, 0.2) is 5.15 Å². The van der Waals surface area contributed by atoms with Crippen LogP contribution in [-0.2, 0) is 16.4 Å². The van der Waals surface area contributed by atoms with Crippen LogP contribution < -0.4 is 5.73 Å². The molecule has 0 radical (unpaired) electrons. The predicted molar refractivity (Wildman–Crippen MR) is 74.0 cm³/mol. The third-order valence-electron chi connectivity index (χ3n) is 4.16. The molecule has 0 amide bonds. The normalized spacial score (nSPS) is 27.2. The fourth-order valence-electron chi connectivity index (χ4n) is 3.11. The molecule has 1 saturated heterocycles. The molecule has 3 rings (SSSR count). The van der Waals surface area contributed by atoms with E-state index in [0.717, 1.165) is 30.9 Å². The SMILES string of the molecule is NC1CCCn2c(C3CCS(=O)(=O)CC3)nc(Cl)c21. The smallest absolute Gasteiger partial charge is 0.152 e. The van der Waals surface area contributed by atoms with Gasteiger partial charge in [0.1, 0.15) is 15.7 Å². The minimum Gasteiger partial charge on any atom is -0.329 e. The van der Waals surface area contributed by atoms with Gasteiger partial charge in [-0.25, -0.2) is 13.4 Å². The maximum atomic E-state index is 11.5. The van der Waals surface area contributed by atoms with Gasteiger partial charge in [0.25, 0.3) is 0 Å². The summed E-state index contributed by atoms with van der Waals surface area (Å²) in [5.41, 5.74) is 7.02. The summed E-state index contributed by atoms with van der Waals surface area (Å²) < 4.78 is 25.1. The largest absolute Gasteiger partial charge is 0.329 e. The zero-order chi connectivity index (χ0) is 13.6. The Hall–Kier alpha value is -0.590. The number of hydrogen-bond acceptors (Lipinski definition) is 4. The molecule has 1 aromatic rings. The molecule has 0 aromatic carbocycles. The Balaban J connectivity index is 1.92. The molecule has 1 unspecified atom stereocenters. The van der Waals surface area contributed by atoms with Crippen LogP contribution in [0.3, 0.4) is 0 Å². The topological polar surface area (TPSA) is 78.0 Å². The summed E-state index contributed by atoms with van der Waals surface area (Å²) in [6, 6.07) is -0.0465. The molecule has 0 aliphatic carbocycles. The number of halogens is 1. The summed E-state index contributed by atoms with van der Waals surface area (Å²) in [6.07, 6.45) is 3.25. The van der Waals surface area contributed by atoms with E-state index in [-0.39, 0.29) is 23.5 Å². The Labute approximate surface area is 118 Å². The first-order valence-corrected chi connectivity index (χ1v) is 8.90. The Bertz CT molecular complexity index is 582. The first-order chi connectivity index (χ1) is 8.98. The molecule has 0 spiro atoms. The number of nitrogens with zero attached hydrogens (tertiary/aromatic N) is 2. The van der Waals surface area contributed by atoms with Crippen molar-refractivity contribution < 1.29 is 8.42 Å². The lowest BCUT2D eigenvalue weighted by atomic mass is 10.0. The van der Waals surface area contributed by atoms with Crippen molar-refractivity contribution in [2.24, 2.45) is 5.73 Å². The minimum absolute atomic E-state index is 0.0465. The maximum Gasteiger partial charge on any atom is 0.152 e. The van der Waals surface area contributed by atoms with Crippen LogP contribution in [0.1, 0.15) is 49.2 Å². The van der Waals surface area contributed by atoms with Crippen LogP contribution in [-0.4, -0.2) is 29.5 Å². The van der Waals surface area contributed by atoms with Crippen LogP contribution in [0, 0.1) is 0 Å². The summed E-state index contributed by atoms with van der Waals surface area (Å²) >= 11 is 6.20. The molecule has 3 heterocycles. The van der Waals surface area contributed by atoms with Gasteiger partial charge in [0.2, 0.25) is 0 Å². The average molecular weight is 304 g/mol. The number of fused-ring (bicyclic) bond motifs is 1. The lowest BCUT2D eigenvalue weighted by molar-refractivity contribution is 0.432. The lowest BCUT2D eigenvalue weighted by Crippen LogP contribution is -2.27. The van der Waals surface area contributed by atoms with Crippen LogP contribution in [0.2, 0.25) is 5.15 Å². The zero-order valence-electron chi connectivity index (χ0n) is 10.7. The van der Waals surface area contributed by atoms with Crippen molar-refractivity contribution in [1.29, 1.82) is 0 Å². The van der Waals surface area contributed by atoms with Crippen LogP contribution in [0.4, 0.5) is 0 Å². The van der Waals surface area contributed by atoms with Crippen molar-refractivity contribution >= 4 is 21.4 Å². The van der Waals surface area contributed by atoms with E-state index in [0.29, 0.717) is 18.0 Å². The van der Waals surface area contributed by atoms with Crippen LogP contribution in [0.15, 0.2) is 0 Å². The molecule has 2 N–H and O–H groups in total. The van der Waals surface area contributed by atoms with Crippen molar-refractivity contribution in [2.45, 2.75) is 44.2 Å². The molecule has 0 bridgehead atoms. The fourth-order valence-corrected chi connectivity index (χ4v) is 4.93. The van der Waals surface area contributed by atoms with Crippen LogP contribution in [0.5, 0.6) is 0 Å². The Kier molecular flexibility index (Phi) is 3.35. The van der Waals surface area contributed by atoms with Gasteiger partial charge in [-0.2, -0.15) is 0 Å². The maximum absolute atomic E-state index is 11.5. The van der Waals surface area contributed by atoms with Crippen molar-refractivity contribution in [1.82, 2.24) is 9.55 Å². The van der Waals surface area contributed by atoms with E-state index in [9.17, 15) is 8.42 Å². The van der Waals surface area contributed by atoms with Gasteiger partial charge in [0, 0.05) is 18.5 Å². The molecule has 5 nitrogen and oxygen atoms in total. The summed E-state index contributed by atoms with van der Waals surface area (Å²) in [5.74, 6) is 1.64. The fraction of sp³-hybridized carbons (Fsp3) is 0.750. The number of aromatic nitrogens is 2. The average Bonchev–Trinajstić information content (AvgIpc) is 2.68. The number of hydrogen-bond donors (Lipinski definition) is 1. The number of sulfone groups is 1. The van der Waals surface area contributed by atoms with E-state index >= 15 is 0 Å². The molecule has 1 atom stereocenters. The zero-order valence-corrected chi connectivity index (χ0v) is 12.3. The molecule has 0 saturated carbocycles. The van der Waals surface area contributed by atoms with Crippen molar-refractivity contribution in [3.63, 3.8) is 0 Å². The van der Waals surface area contributed by atoms with Gasteiger partial charge in [0.05, 0.1) is 17.2 Å². The Morgan fingerprint density at radius 2 is 1.95 bits per heavy atom. The van der Waals surface area contributed by atoms with E-state index in [2.05, 4.69) is 9.55 Å². The molecular formula is C12H18ClN3O2S. The van der Waals surface area contributed by atoms with Gasteiger partial charge in [-0.05, 0) is 25.7 Å². The summed E-state index contributed by atoms with van der Waals surface area (Å²) in [5, 5.41) is 0.496. The van der Waals surface area contributed by atoms with Crippen molar-refractivity contribution in [3.05, 3.63) is 16.7 Å². The van der Waals surface area contributed by atoms with Gasteiger partial charge >= 0.3 is 0 Å². The second kappa shape index (κ2) is 4.75. The Morgan fingerprint density at radius 1 is 1.26 bits per heavy atom. The van der Waals surface area contributed by atoms with E-state index in [1.165, 1.54) is 0 Å². The Morgan fingerprint density at radius 3 is 2.63 bits per heavy atom. The summed E-state index contributed by atoms with van der Waals surface area (Å²) in [4.78, 5) is 4.47. The van der Waals surface area contributed by atoms with Gasteiger partial charge in [-0.3, -0.25) is 0 Å².